The summed E-state index contributed by atoms with van der Waals surface area (Å²) in [7, 11) is 0. The smallest absolute Gasteiger partial charge is 0.247 e. The van der Waals surface area contributed by atoms with E-state index in [1.807, 2.05) is 0 Å². The van der Waals surface area contributed by atoms with Crippen molar-refractivity contribution in [3.8, 4) is 0 Å². The second-order valence-electron chi connectivity index (χ2n) is 3.73. The lowest BCUT2D eigenvalue weighted by Gasteiger charge is -2.04. The van der Waals surface area contributed by atoms with Crippen LogP contribution in [0.2, 0.25) is 0 Å². The molecule has 0 amide bonds. The van der Waals surface area contributed by atoms with Crippen molar-refractivity contribution in [2.75, 3.05) is 0 Å². The van der Waals surface area contributed by atoms with E-state index in [1.54, 1.807) is 24.5 Å². The molecule has 0 saturated heterocycles. The van der Waals surface area contributed by atoms with Crippen LogP contribution in [-0.4, -0.2) is 9.97 Å². The summed E-state index contributed by atoms with van der Waals surface area (Å²) < 4.78 is 0. The molecule has 0 fully saturated rings. The third kappa shape index (κ3) is 3.42. The van der Waals surface area contributed by atoms with Gasteiger partial charge < -0.3 is 15.3 Å². The molecule has 2 rings (SSSR count). The summed E-state index contributed by atoms with van der Waals surface area (Å²) in [6.45, 7) is 1.33. The Morgan fingerprint density at radius 3 is 1.65 bits per heavy atom. The van der Waals surface area contributed by atoms with Gasteiger partial charge in [-0.3, -0.25) is 9.59 Å². The lowest BCUT2D eigenvalue weighted by atomic mass is 10.2. The maximum Gasteiger partial charge on any atom is 0.247 e. The van der Waals surface area contributed by atoms with Gasteiger partial charge in [0.25, 0.3) is 0 Å². The molecular weight excluding hydrogens is 218 g/mol. The summed E-state index contributed by atoms with van der Waals surface area (Å²) >= 11 is 0. The summed E-state index contributed by atoms with van der Waals surface area (Å²) in [6.07, 6.45) is 3.37. The predicted molar refractivity (Wildman–Crippen MR) is 64.7 cm³/mol. The highest BCUT2D eigenvalue weighted by Gasteiger charge is 1.94. The molecule has 5 heteroatoms. The number of aromatic nitrogens is 2. The molecule has 0 aliphatic carbocycles. The van der Waals surface area contributed by atoms with Gasteiger partial charge in [-0.25, -0.2) is 0 Å². The van der Waals surface area contributed by atoms with Crippen LogP contribution in [0.3, 0.4) is 0 Å². The van der Waals surface area contributed by atoms with Crippen molar-refractivity contribution in [3.05, 3.63) is 68.5 Å². The first-order valence-electron chi connectivity index (χ1n) is 5.30. The number of H-pyrrole nitrogens is 2. The van der Waals surface area contributed by atoms with E-state index in [2.05, 4.69) is 15.3 Å². The quantitative estimate of drug-likeness (QED) is 0.710. The molecule has 0 radical (unpaired) electrons. The number of hydrogen-bond acceptors (Lipinski definition) is 3. The van der Waals surface area contributed by atoms with Gasteiger partial charge in [0.1, 0.15) is 0 Å². The van der Waals surface area contributed by atoms with Gasteiger partial charge >= 0.3 is 0 Å². The maximum absolute atomic E-state index is 10.8. The average Bonchev–Trinajstić information content (AvgIpc) is 2.34. The Morgan fingerprint density at radius 1 is 0.824 bits per heavy atom. The van der Waals surface area contributed by atoms with Crippen LogP contribution in [0, 0.1) is 0 Å². The highest BCUT2D eigenvalue weighted by molar-refractivity contribution is 5.10. The van der Waals surface area contributed by atoms with E-state index < -0.39 is 0 Å². The number of aromatic amines is 2. The van der Waals surface area contributed by atoms with Crippen LogP contribution in [0.4, 0.5) is 0 Å². The first kappa shape index (κ1) is 11.3. The van der Waals surface area contributed by atoms with Crippen molar-refractivity contribution in [1.29, 1.82) is 0 Å². The van der Waals surface area contributed by atoms with Gasteiger partial charge in [0.2, 0.25) is 11.1 Å². The second kappa shape index (κ2) is 5.27. The lowest BCUT2D eigenvalue weighted by molar-refractivity contribution is 0.688. The number of pyridine rings is 2. The molecular formula is C12H13N3O2. The van der Waals surface area contributed by atoms with Crippen molar-refractivity contribution < 1.29 is 0 Å². The molecule has 0 aliphatic heterocycles. The number of hydrogen-bond donors (Lipinski definition) is 3. The maximum atomic E-state index is 10.8. The van der Waals surface area contributed by atoms with Gasteiger partial charge in [0.15, 0.2) is 0 Å². The predicted octanol–water partition coefficient (Wildman–Crippen LogP) is 0.353. The lowest BCUT2D eigenvalue weighted by Crippen LogP contribution is -2.15. The van der Waals surface area contributed by atoms with E-state index in [9.17, 15) is 9.59 Å². The summed E-state index contributed by atoms with van der Waals surface area (Å²) in [5, 5.41) is 3.21. The van der Waals surface area contributed by atoms with Crippen LogP contribution >= 0.6 is 0 Å². The fourth-order valence-corrected chi connectivity index (χ4v) is 1.46. The van der Waals surface area contributed by atoms with Crippen LogP contribution in [0.15, 0.2) is 46.2 Å². The Bertz CT molecular complexity index is 507. The Hall–Kier alpha value is -2.14. The molecule has 5 nitrogen and oxygen atoms in total. The molecule has 0 bridgehead atoms. The van der Waals surface area contributed by atoms with Gasteiger partial charge in [-0.15, -0.1) is 0 Å². The fraction of sp³-hybridized carbons (Fsp3) is 0.167. The first-order chi connectivity index (χ1) is 8.24. The van der Waals surface area contributed by atoms with Crippen molar-refractivity contribution in [2.45, 2.75) is 13.1 Å². The minimum atomic E-state index is -0.102. The molecule has 88 valence electrons. The van der Waals surface area contributed by atoms with E-state index in [4.69, 9.17) is 0 Å². The number of rotatable bonds is 4. The van der Waals surface area contributed by atoms with Crippen LogP contribution in [-0.2, 0) is 13.1 Å². The molecule has 2 aromatic heterocycles. The third-order valence-electron chi connectivity index (χ3n) is 2.36. The zero-order valence-electron chi connectivity index (χ0n) is 9.19. The SMILES string of the molecule is O=c1ccc(CNCc2ccc(=O)[nH]c2)c[nH]1. The second-order valence-corrected chi connectivity index (χ2v) is 3.73. The Kier molecular flexibility index (Phi) is 3.52. The highest BCUT2D eigenvalue weighted by Crippen LogP contribution is 1.95. The summed E-state index contributed by atoms with van der Waals surface area (Å²) in [4.78, 5) is 26.9. The topological polar surface area (TPSA) is 77.8 Å². The molecule has 2 heterocycles. The van der Waals surface area contributed by atoms with E-state index in [-0.39, 0.29) is 11.1 Å². The monoisotopic (exact) mass is 231 g/mol. The van der Waals surface area contributed by atoms with Crippen molar-refractivity contribution in [2.24, 2.45) is 0 Å². The Balaban J connectivity index is 1.87. The molecule has 17 heavy (non-hydrogen) atoms. The van der Waals surface area contributed by atoms with Crippen LogP contribution < -0.4 is 16.4 Å². The molecule has 0 saturated carbocycles. The number of nitrogens with one attached hydrogen (secondary N) is 3. The van der Waals surface area contributed by atoms with Crippen molar-refractivity contribution >= 4 is 0 Å². The van der Waals surface area contributed by atoms with E-state index in [0.717, 1.165) is 11.1 Å². The van der Waals surface area contributed by atoms with Gasteiger partial charge in [0.05, 0.1) is 0 Å². The van der Waals surface area contributed by atoms with Gasteiger partial charge in [0, 0.05) is 37.6 Å². The van der Waals surface area contributed by atoms with Crippen LogP contribution in [0.25, 0.3) is 0 Å². The summed E-state index contributed by atoms with van der Waals surface area (Å²) in [6, 6.07) is 6.55. The normalized spacial score (nSPS) is 10.4. The fourth-order valence-electron chi connectivity index (χ4n) is 1.46. The minimum absolute atomic E-state index is 0.102. The molecule has 2 aromatic rings. The minimum Gasteiger partial charge on any atom is -0.329 e. The Morgan fingerprint density at radius 2 is 1.29 bits per heavy atom. The Labute approximate surface area is 97.5 Å². The largest absolute Gasteiger partial charge is 0.329 e. The standard InChI is InChI=1S/C12H13N3O2/c16-11-3-1-9(7-14-11)5-13-6-10-2-4-12(17)15-8-10/h1-4,7-8,13H,5-6H2,(H,14,16)(H,15,17). The van der Waals surface area contributed by atoms with Crippen molar-refractivity contribution in [1.82, 2.24) is 15.3 Å². The summed E-state index contributed by atoms with van der Waals surface area (Å²) in [5.74, 6) is 0. The van der Waals surface area contributed by atoms with Gasteiger partial charge in [-0.1, -0.05) is 12.1 Å². The van der Waals surface area contributed by atoms with E-state index in [0.29, 0.717) is 13.1 Å². The van der Waals surface area contributed by atoms with Gasteiger partial charge in [-0.05, 0) is 11.1 Å². The molecule has 0 aliphatic rings. The molecule has 0 spiro atoms. The van der Waals surface area contributed by atoms with Crippen molar-refractivity contribution in [3.63, 3.8) is 0 Å². The van der Waals surface area contributed by atoms with Gasteiger partial charge in [-0.2, -0.15) is 0 Å². The first-order valence-corrected chi connectivity index (χ1v) is 5.30. The van der Waals surface area contributed by atoms with Crippen LogP contribution in [0.1, 0.15) is 11.1 Å². The average molecular weight is 231 g/mol. The third-order valence-corrected chi connectivity index (χ3v) is 2.36. The zero-order chi connectivity index (χ0) is 12.1. The summed E-state index contributed by atoms with van der Waals surface area (Å²) in [5.41, 5.74) is 1.81. The molecule has 0 aromatic carbocycles. The zero-order valence-corrected chi connectivity index (χ0v) is 9.19. The van der Waals surface area contributed by atoms with E-state index >= 15 is 0 Å². The molecule has 0 atom stereocenters. The van der Waals surface area contributed by atoms with Crippen LogP contribution in [0.5, 0.6) is 0 Å². The van der Waals surface area contributed by atoms with E-state index in [1.165, 1.54) is 12.1 Å². The molecule has 3 N–H and O–H groups in total. The molecule has 0 unspecified atom stereocenters. The highest BCUT2D eigenvalue weighted by atomic mass is 16.1.